The number of aromatic nitrogens is 1. The fraction of sp³-hybridized carbons (Fsp3) is 0.400. The monoisotopic (exact) mass is 432 g/mol. The molecule has 1 aromatic carbocycles. The molecule has 0 saturated heterocycles. The second-order valence-corrected chi connectivity index (χ2v) is 7.38. The Bertz CT molecular complexity index is 776. The number of pyridine rings is 1. The number of carboxylic acids is 1. The average molecular weight is 434 g/mol. The molecule has 150 valence electrons. The minimum Gasteiger partial charge on any atom is -0.478 e. The Balaban J connectivity index is 0.00000338. The molecule has 2 rings (SSSR count). The summed E-state index contributed by atoms with van der Waals surface area (Å²) in [6.45, 7) is 8.39. The maximum absolute atomic E-state index is 12.1. The van der Waals surface area contributed by atoms with E-state index in [9.17, 15) is 9.90 Å². The zero-order valence-electron chi connectivity index (χ0n) is 16.0. The number of benzene rings is 1. The number of halogens is 3. The molecule has 0 bridgehead atoms. The summed E-state index contributed by atoms with van der Waals surface area (Å²) < 4.78 is 0. The summed E-state index contributed by atoms with van der Waals surface area (Å²) in [5, 5.41) is 10.5. The van der Waals surface area contributed by atoms with Crippen molar-refractivity contribution in [2.24, 2.45) is 11.7 Å². The minimum atomic E-state index is -0.980. The maximum Gasteiger partial charge on any atom is 0.338 e. The predicted octanol–water partition coefficient (Wildman–Crippen LogP) is 5.72. The lowest BCUT2D eigenvalue weighted by Crippen LogP contribution is -2.17. The molecule has 7 heteroatoms. The average Bonchev–Trinajstić information content (AvgIpc) is 2.53. The summed E-state index contributed by atoms with van der Waals surface area (Å²) >= 11 is 6.00. The third kappa shape index (κ3) is 5.82. The molecular formula is C20H27Cl3N2O2. The number of nitrogens with two attached hydrogens (primary N) is 1. The second-order valence-electron chi connectivity index (χ2n) is 6.94. The van der Waals surface area contributed by atoms with Crippen LogP contribution in [0.2, 0.25) is 5.02 Å². The van der Waals surface area contributed by atoms with Gasteiger partial charge in [0.15, 0.2) is 0 Å². The molecule has 0 spiro atoms. The molecular weight excluding hydrogens is 407 g/mol. The summed E-state index contributed by atoms with van der Waals surface area (Å²) in [5.41, 5.74) is 10.0. The summed E-state index contributed by atoms with van der Waals surface area (Å²) in [7, 11) is 0. The zero-order valence-corrected chi connectivity index (χ0v) is 18.3. The van der Waals surface area contributed by atoms with Crippen LogP contribution in [0.4, 0.5) is 0 Å². The number of hydrogen-bond acceptors (Lipinski definition) is 3. The zero-order chi connectivity index (χ0) is 18.7. The van der Waals surface area contributed by atoms with Gasteiger partial charge in [0.05, 0.1) is 11.3 Å². The molecule has 1 aromatic heterocycles. The van der Waals surface area contributed by atoms with E-state index in [0.717, 1.165) is 23.2 Å². The molecule has 0 unspecified atom stereocenters. The number of aromatic carboxylic acids is 1. The van der Waals surface area contributed by atoms with Gasteiger partial charge in [-0.1, -0.05) is 51.4 Å². The van der Waals surface area contributed by atoms with Crippen molar-refractivity contribution in [1.82, 2.24) is 4.98 Å². The van der Waals surface area contributed by atoms with Gasteiger partial charge in [0.2, 0.25) is 0 Å². The second kappa shape index (κ2) is 10.9. The van der Waals surface area contributed by atoms with Gasteiger partial charge < -0.3 is 10.8 Å². The summed E-state index contributed by atoms with van der Waals surface area (Å²) in [4.78, 5) is 16.8. The van der Waals surface area contributed by atoms with E-state index < -0.39 is 5.97 Å². The van der Waals surface area contributed by atoms with Crippen molar-refractivity contribution in [3.8, 4) is 11.1 Å². The third-order valence-electron chi connectivity index (χ3n) is 4.11. The van der Waals surface area contributed by atoms with E-state index >= 15 is 0 Å². The van der Waals surface area contributed by atoms with Crippen LogP contribution in [-0.2, 0) is 13.0 Å². The van der Waals surface area contributed by atoms with Gasteiger partial charge in [0.1, 0.15) is 0 Å². The van der Waals surface area contributed by atoms with Gasteiger partial charge in [0, 0.05) is 22.8 Å². The molecule has 0 aliphatic heterocycles. The van der Waals surface area contributed by atoms with Crippen molar-refractivity contribution < 1.29 is 9.90 Å². The Hall–Kier alpha value is -1.33. The van der Waals surface area contributed by atoms with Crippen LogP contribution in [0.5, 0.6) is 0 Å². The van der Waals surface area contributed by atoms with E-state index in [1.807, 2.05) is 26.0 Å². The van der Waals surface area contributed by atoms with E-state index in [1.54, 1.807) is 12.1 Å². The lowest BCUT2D eigenvalue weighted by atomic mass is 9.87. The predicted molar refractivity (Wildman–Crippen MR) is 117 cm³/mol. The van der Waals surface area contributed by atoms with Gasteiger partial charge >= 0.3 is 5.97 Å². The lowest BCUT2D eigenvalue weighted by Gasteiger charge is -2.21. The molecule has 27 heavy (non-hydrogen) atoms. The van der Waals surface area contributed by atoms with Crippen LogP contribution >= 0.6 is 36.4 Å². The third-order valence-corrected chi connectivity index (χ3v) is 4.36. The Morgan fingerprint density at radius 2 is 1.70 bits per heavy atom. The summed E-state index contributed by atoms with van der Waals surface area (Å²) in [5.74, 6) is -0.589. The van der Waals surface area contributed by atoms with E-state index in [2.05, 4.69) is 13.8 Å². The first-order valence-corrected chi connectivity index (χ1v) is 8.88. The van der Waals surface area contributed by atoms with Crippen LogP contribution in [0, 0.1) is 5.92 Å². The summed E-state index contributed by atoms with van der Waals surface area (Å²) in [6.07, 6.45) is 0.757. The first-order valence-electron chi connectivity index (χ1n) is 8.51. The van der Waals surface area contributed by atoms with Crippen LogP contribution in [0.25, 0.3) is 11.1 Å². The van der Waals surface area contributed by atoms with E-state index in [1.165, 1.54) is 0 Å². The largest absolute Gasteiger partial charge is 0.478 e. The van der Waals surface area contributed by atoms with Gasteiger partial charge in [-0.2, -0.15) is 0 Å². The number of carbonyl (C=O) groups is 1. The first-order chi connectivity index (χ1) is 11.8. The fourth-order valence-electron chi connectivity index (χ4n) is 3.04. The smallest absolute Gasteiger partial charge is 0.338 e. The number of hydrogen-bond donors (Lipinski definition) is 2. The first kappa shape index (κ1) is 25.7. The number of rotatable bonds is 6. The molecule has 0 saturated carbocycles. The Morgan fingerprint density at radius 3 is 2.11 bits per heavy atom. The molecule has 0 aliphatic carbocycles. The highest BCUT2D eigenvalue weighted by molar-refractivity contribution is 6.30. The highest BCUT2D eigenvalue weighted by atomic mass is 35.5. The topological polar surface area (TPSA) is 76.2 Å². The van der Waals surface area contributed by atoms with Gasteiger partial charge in [-0.3, -0.25) is 4.98 Å². The van der Waals surface area contributed by atoms with Crippen LogP contribution in [0.3, 0.4) is 0 Å². The van der Waals surface area contributed by atoms with Crippen molar-refractivity contribution >= 4 is 42.4 Å². The van der Waals surface area contributed by atoms with Crippen LogP contribution in [0.15, 0.2) is 24.3 Å². The highest BCUT2D eigenvalue weighted by Crippen LogP contribution is 2.35. The fourth-order valence-corrected chi connectivity index (χ4v) is 3.16. The van der Waals surface area contributed by atoms with Gasteiger partial charge in [-0.05, 0) is 41.5 Å². The molecule has 0 radical (unpaired) electrons. The van der Waals surface area contributed by atoms with E-state index in [0.29, 0.717) is 22.2 Å². The highest BCUT2D eigenvalue weighted by Gasteiger charge is 2.26. The van der Waals surface area contributed by atoms with Crippen LogP contribution in [-0.4, -0.2) is 16.1 Å². The molecule has 0 amide bonds. The van der Waals surface area contributed by atoms with Crippen molar-refractivity contribution in [3.63, 3.8) is 0 Å². The maximum atomic E-state index is 12.1. The quantitative estimate of drug-likeness (QED) is 0.610. The van der Waals surface area contributed by atoms with Gasteiger partial charge in [0.25, 0.3) is 0 Å². The van der Waals surface area contributed by atoms with E-state index in [4.69, 9.17) is 22.3 Å². The van der Waals surface area contributed by atoms with E-state index in [-0.39, 0.29) is 42.8 Å². The van der Waals surface area contributed by atoms with Crippen LogP contribution in [0.1, 0.15) is 60.9 Å². The Kier molecular flexibility index (Phi) is 10.3. The molecule has 2 aromatic rings. The molecule has 0 aliphatic rings. The minimum absolute atomic E-state index is 0. The van der Waals surface area contributed by atoms with Crippen molar-refractivity contribution in [2.75, 3.05) is 0 Å². The Labute approximate surface area is 178 Å². The van der Waals surface area contributed by atoms with Gasteiger partial charge in [-0.15, -0.1) is 24.8 Å². The van der Waals surface area contributed by atoms with Crippen molar-refractivity contribution in [1.29, 1.82) is 0 Å². The molecule has 3 N–H and O–H groups in total. The SMILES string of the molecule is CC(C)Cc1nc(C(C)C)c(C(=O)O)c(-c2ccc(Cl)cc2)c1CN.Cl.Cl. The molecule has 0 fully saturated rings. The number of carboxylic acid groups (broad SMARTS) is 1. The number of nitrogens with zero attached hydrogens (tertiary/aromatic N) is 1. The molecule has 0 atom stereocenters. The standard InChI is InChI=1S/C20H25ClN2O2.2ClH/c1-11(2)9-16-15(10-22)17(13-5-7-14(21)8-6-13)18(20(24)25)19(23-16)12(3)4;;/h5-8,11-12H,9-10,22H2,1-4H3,(H,24,25);2*1H. The molecule has 4 nitrogen and oxygen atoms in total. The lowest BCUT2D eigenvalue weighted by molar-refractivity contribution is 0.0695. The summed E-state index contributed by atoms with van der Waals surface area (Å²) in [6, 6.07) is 7.21. The van der Waals surface area contributed by atoms with Crippen molar-refractivity contribution in [2.45, 2.75) is 46.6 Å². The van der Waals surface area contributed by atoms with Crippen LogP contribution < -0.4 is 5.73 Å². The van der Waals surface area contributed by atoms with Crippen molar-refractivity contribution in [3.05, 3.63) is 51.8 Å². The Morgan fingerprint density at radius 1 is 1.15 bits per heavy atom. The molecule has 1 heterocycles. The normalized spacial score (nSPS) is 10.5. The van der Waals surface area contributed by atoms with Gasteiger partial charge in [-0.25, -0.2) is 4.79 Å².